The summed E-state index contributed by atoms with van der Waals surface area (Å²) in [6, 6.07) is 6.44. The molecule has 1 saturated carbocycles. The van der Waals surface area contributed by atoms with Crippen LogP contribution in [0.15, 0.2) is 29.2 Å². The van der Waals surface area contributed by atoms with Crippen LogP contribution in [0.25, 0.3) is 0 Å². The summed E-state index contributed by atoms with van der Waals surface area (Å²) in [7, 11) is -1.78. The normalized spacial score (nSPS) is 24.4. The second-order valence-corrected chi connectivity index (χ2v) is 10.1. The molecule has 0 aromatic heterocycles. The first kappa shape index (κ1) is 20.7. The third kappa shape index (κ3) is 5.48. The quantitative estimate of drug-likeness (QED) is 0.707. The Morgan fingerprint density at radius 1 is 1.07 bits per heavy atom. The number of nitrogens with zero attached hydrogens (tertiary/aromatic N) is 2. The van der Waals surface area contributed by atoms with Gasteiger partial charge in [-0.25, -0.2) is 8.42 Å². The number of hydrogen-bond acceptors (Lipinski definition) is 3. The van der Waals surface area contributed by atoms with Crippen LogP contribution in [0, 0.1) is 17.8 Å². The third-order valence-corrected chi connectivity index (χ3v) is 7.94. The van der Waals surface area contributed by atoms with Crippen LogP contribution in [-0.2, 0) is 10.0 Å². The van der Waals surface area contributed by atoms with Gasteiger partial charge in [0.05, 0.1) is 11.4 Å². The number of halogens is 1. The number of benzene rings is 1. The van der Waals surface area contributed by atoms with Crippen LogP contribution in [0.5, 0.6) is 0 Å². The van der Waals surface area contributed by atoms with Crippen molar-refractivity contribution in [2.24, 2.45) is 5.92 Å². The van der Waals surface area contributed by atoms with Crippen molar-refractivity contribution < 1.29 is 8.42 Å². The summed E-state index contributed by atoms with van der Waals surface area (Å²) in [6.45, 7) is 3.23. The maximum Gasteiger partial charge on any atom is 0.243 e. The Kier molecular flexibility index (Phi) is 7.22. The second kappa shape index (κ2) is 9.43. The van der Waals surface area contributed by atoms with E-state index in [4.69, 9.17) is 11.6 Å². The molecule has 4 nitrogen and oxygen atoms in total. The maximum absolute atomic E-state index is 12.8. The van der Waals surface area contributed by atoms with Gasteiger partial charge in [-0.05, 0) is 75.9 Å². The molecule has 0 N–H and O–H groups in total. The van der Waals surface area contributed by atoms with E-state index in [9.17, 15) is 8.42 Å². The zero-order valence-corrected chi connectivity index (χ0v) is 17.6. The van der Waals surface area contributed by atoms with Crippen molar-refractivity contribution in [1.29, 1.82) is 0 Å². The highest BCUT2D eigenvalue weighted by molar-refractivity contribution is 7.89. The van der Waals surface area contributed by atoms with E-state index >= 15 is 0 Å². The number of sulfonamides is 1. The monoisotopic (exact) mass is 408 g/mol. The lowest BCUT2D eigenvalue weighted by molar-refractivity contribution is 0.253. The molecule has 1 aliphatic carbocycles. The van der Waals surface area contributed by atoms with E-state index < -0.39 is 10.0 Å². The Morgan fingerprint density at radius 3 is 2.33 bits per heavy atom. The van der Waals surface area contributed by atoms with E-state index in [1.165, 1.54) is 36.7 Å². The highest BCUT2D eigenvalue weighted by atomic mass is 35.5. The van der Waals surface area contributed by atoms with E-state index in [-0.39, 0.29) is 6.04 Å². The lowest BCUT2D eigenvalue weighted by Gasteiger charge is -2.32. The van der Waals surface area contributed by atoms with Crippen molar-refractivity contribution in [3.63, 3.8) is 0 Å². The van der Waals surface area contributed by atoms with Gasteiger partial charge in [0.25, 0.3) is 0 Å². The van der Waals surface area contributed by atoms with Crippen molar-refractivity contribution >= 4 is 21.6 Å². The Balaban J connectivity index is 1.51. The van der Waals surface area contributed by atoms with Crippen molar-refractivity contribution in [3.8, 4) is 11.8 Å². The maximum atomic E-state index is 12.8. The fraction of sp³-hybridized carbons (Fsp3) is 0.619. The average Bonchev–Trinajstić information content (AvgIpc) is 2.69. The zero-order chi connectivity index (χ0) is 19.3. The van der Waals surface area contributed by atoms with E-state index in [2.05, 4.69) is 16.7 Å². The van der Waals surface area contributed by atoms with E-state index in [0.717, 1.165) is 32.2 Å². The minimum Gasteiger partial charge on any atom is -0.292 e. The standard InChI is InChI=1S/C21H29ClN2O2S/c1-23(27(25,26)21-13-9-19(22)10-14-21)20-11-7-18(8-12-20)6-5-17-24-15-3-2-4-16-24/h9-10,13-14,18,20H,2-4,7-8,11-12,15-17H2,1H3. The molecule has 0 atom stereocenters. The van der Waals surface area contributed by atoms with Crippen molar-refractivity contribution in [3.05, 3.63) is 29.3 Å². The van der Waals surface area contributed by atoms with Gasteiger partial charge >= 0.3 is 0 Å². The van der Waals surface area contributed by atoms with Gasteiger partial charge in [-0.1, -0.05) is 29.9 Å². The van der Waals surface area contributed by atoms with Crippen LogP contribution < -0.4 is 0 Å². The molecular weight excluding hydrogens is 380 g/mol. The highest BCUT2D eigenvalue weighted by Crippen LogP contribution is 2.30. The molecule has 1 heterocycles. The van der Waals surface area contributed by atoms with Crippen LogP contribution in [0.3, 0.4) is 0 Å². The third-order valence-electron chi connectivity index (χ3n) is 5.76. The number of rotatable bonds is 4. The Morgan fingerprint density at radius 2 is 1.70 bits per heavy atom. The average molecular weight is 409 g/mol. The number of likely N-dealkylation sites (tertiary alicyclic amines) is 1. The van der Waals surface area contributed by atoms with Crippen LogP contribution in [-0.4, -0.2) is 50.3 Å². The molecule has 1 aliphatic heterocycles. The zero-order valence-electron chi connectivity index (χ0n) is 16.0. The molecule has 0 radical (unpaired) electrons. The fourth-order valence-corrected chi connectivity index (χ4v) is 5.51. The molecule has 0 amide bonds. The first-order valence-corrected chi connectivity index (χ1v) is 11.7. The van der Waals surface area contributed by atoms with Crippen LogP contribution >= 0.6 is 11.6 Å². The Labute approximate surface area is 168 Å². The Bertz CT molecular complexity index is 769. The summed E-state index contributed by atoms with van der Waals surface area (Å²) < 4.78 is 27.2. The summed E-state index contributed by atoms with van der Waals surface area (Å²) >= 11 is 5.87. The van der Waals surface area contributed by atoms with Gasteiger partial charge in [-0.3, -0.25) is 4.90 Å². The van der Waals surface area contributed by atoms with Gasteiger partial charge in [0.2, 0.25) is 10.0 Å². The molecular formula is C21H29ClN2O2S. The topological polar surface area (TPSA) is 40.6 Å². The van der Waals surface area contributed by atoms with Crippen LogP contribution in [0.4, 0.5) is 0 Å². The largest absolute Gasteiger partial charge is 0.292 e. The highest BCUT2D eigenvalue weighted by Gasteiger charge is 2.31. The van der Waals surface area contributed by atoms with E-state index in [1.54, 1.807) is 31.3 Å². The summed E-state index contributed by atoms with van der Waals surface area (Å²) in [6.07, 6.45) is 7.61. The SMILES string of the molecule is CN(C1CCC(C#CCN2CCCCC2)CC1)S(=O)(=O)c1ccc(Cl)cc1. The lowest BCUT2D eigenvalue weighted by atomic mass is 9.86. The van der Waals surface area contributed by atoms with Crippen LogP contribution in [0.2, 0.25) is 5.02 Å². The molecule has 2 aliphatic rings. The number of piperidine rings is 1. The van der Waals surface area contributed by atoms with Crippen molar-refractivity contribution in [1.82, 2.24) is 9.21 Å². The molecule has 6 heteroatoms. The fourth-order valence-electron chi connectivity index (χ4n) is 3.97. The molecule has 1 aromatic carbocycles. The summed E-state index contributed by atoms with van der Waals surface area (Å²) in [5, 5.41) is 0.542. The first-order chi connectivity index (χ1) is 13.0. The van der Waals surface area contributed by atoms with Gasteiger partial charge in [0.1, 0.15) is 0 Å². The minimum atomic E-state index is -3.47. The second-order valence-electron chi connectivity index (χ2n) is 7.64. The molecule has 0 bridgehead atoms. The first-order valence-electron chi connectivity index (χ1n) is 9.91. The van der Waals surface area contributed by atoms with Crippen LogP contribution in [0.1, 0.15) is 44.9 Å². The lowest BCUT2D eigenvalue weighted by Crippen LogP contribution is -2.39. The summed E-state index contributed by atoms with van der Waals surface area (Å²) in [4.78, 5) is 2.74. The van der Waals surface area contributed by atoms with Gasteiger partial charge in [0.15, 0.2) is 0 Å². The summed E-state index contributed by atoms with van der Waals surface area (Å²) in [5.74, 6) is 7.19. The van der Waals surface area contributed by atoms with Gasteiger partial charge in [-0.15, -0.1) is 0 Å². The molecule has 1 aromatic rings. The molecule has 3 rings (SSSR count). The van der Waals surface area contributed by atoms with Gasteiger partial charge < -0.3 is 0 Å². The van der Waals surface area contributed by atoms with E-state index in [0.29, 0.717) is 15.8 Å². The van der Waals surface area contributed by atoms with Gasteiger partial charge in [0, 0.05) is 24.0 Å². The van der Waals surface area contributed by atoms with Crippen molar-refractivity contribution in [2.75, 3.05) is 26.7 Å². The molecule has 148 valence electrons. The molecule has 2 fully saturated rings. The Hall–Kier alpha value is -1.06. The predicted octanol–water partition coefficient (Wildman–Crippen LogP) is 4.01. The molecule has 0 unspecified atom stereocenters. The molecule has 1 saturated heterocycles. The minimum absolute atomic E-state index is 0.0471. The predicted molar refractivity (Wildman–Crippen MR) is 110 cm³/mol. The molecule has 27 heavy (non-hydrogen) atoms. The number of hydrogen-bond donors (Lipinski definition) is 0. The summed E-state index contributed by atoms with van der Waals surface area (Å²) in [5.41, 5.74) is 0. The molecule has 0 spiro atoms. The van der Waals surface area contributed by atoms with Crippen molar-refractivity contribution in [2.45, 2.75) is 55.9 Å². The van der Waals surface area contributed by atoms with E-state index in [1.807, 2.05) is 0 Å². The smallest absolute Gasteiger partial charge is 0.243 e. The van der Waals surface area contributed by atoms with Gasteiger partial charge in [-0.2, -0.15) is 4.31 Å².